The second kappa shape index (κ2) is 7.66. The number of benzene rings is 2. The maximum atomic E-state index is 5.18. The molecule has 5 heteroatoms. The zero-order valence-electron chi connectivity index (χ0n) is 14.7. The number of ether oxygens (including phenoxy) is 1. The van der Waals surface area contributed by atoms with E-state index in [0.29, 0.717) is 5.82 Å². The van der Waals surface area contributed by atoms with Crippen molar-refractivity contribution in [2.24, 2.45) is 0 Å². The SMILES string of the molecule is CCc1ccccc1Nc1cc(Nc2ccc(OC)cc2)nc(C)n1. The first-order valence-electron chi connectivity index (χ1n) is 8.29. The quantitative estimate of drug-likeness (QED) is 0.675. The summed E-state index contributed by atoms with van der Waals surface area (Å²) in [5, 5.41) is 6.70. The van der Waals surface area contributed by atoms with Crippen LogP contribution in [0.5, 0.6) is 5.75 Å². The Balaban J connectivity index is 1.82. The molecular weight excluding hydrogens is 312 g/mol. The van der Waals surface area contributed by atoms with Gasteiger partial charge in [-0.2, -0.15) is 0 Å². The van der Waals surface area contributed by atoms with Crippen molar-refractivity contribution < 1.29 is 4.74 Å². The number of rotatable bonds is 6. The van der Waals surface area contributed by atoms with Crippen LogP contribution in [-0.4, -0.2) is 17.1 Å². The topological polar surface area (TPSA) is 59.1 Å². The van der Waals surface area contributed by atoms with Crippen LogP contribution >= 0.6 is 0 Å². The van der Waals surface area contributed by atoms with Gasteiger partial charge in [0.15, 0.2) is 0 Å². The number of nitrogens with one attached hydrogen (secondary N) is 2. The zero-order valence-corrected chi connectivity index (χ0v) is 14.7. The van der Waals surface area contributed by atoms with Crippen LogP contribution in [0.4, 0.5) is 23.0 Å². The number of nitrogens with zero attached hydrogens (tertiary/aromatic N) is 2. The van der Waals surface area contributed by atoms with Crippen molar-refractivity contribution in [1.82, 2.24) is 9.97 Å². The average Bonchev–Trinajstić information content (AvgIpc) is 2.62. The normalized spacial score (nSPS) is 10.4. The van der Waals surface area contributed by atoms with Crippen molar-refractivity contribution in [2.45, 2.75) is 20.3 Å². The fourth-order valence-corrected chi connectivity index (χ4v) is 2.61. The Kier molecular flexibility index (Phi) is 5.14. The van der Waals surface area contributed by atoms with Crippen LogP contribution in [-0.2, 0) is 6.42 Å². The van der Waals surface area contributed by atoms with Crippen LogP contribution in [0.15, 0.2) is 54.6 Å². The molecule has 0 radical (unpaired) electrons. The second-order valence-electron chi connectivity index (χ2n) is 5.67. The highest BCUT2D eigenvalue weighted by Crippen LogP contribution is 2.24. The summed E-state index contributed by atoms with van der Waals surface area (Å²) in [5.41, 5.74) is 3.26. The predicted molar refractivity (Wildman–Crippen MR) is 102 cm³/mol. The molecule has 2 aromatic carbocycles. The van der Waals surface area contributed by atoms with Crippen molar-refractivity contribution in [1.29, 1.82) is 0 Å². The Morgan fingerprint density at radius 3 is 2.28 bits per heavy atom. The molecular formula is C20H22N4O. The molecule has 0 atom stereocenters. The van der Waals surface area contributed by atoms with Gasteiger partial charge in [0.25, 0.3) is 0 Å². The first kappa shape index (κ1) is 16.8. The lowest BCUT2D eigenvalue weighted by Gasteiger charge is -2.12. The van der Waals surface area contributed by atoms with Gasteiger partial charge in [0.05, 0.1) is 7.11 Å². The first-order valence-corrected chi connectivity index (χ1v) is 8.29. The van der Waals surface area contributed by atoms with Crippen LogP contribution in [0.25, 0.3) is 0 Å². The van der Waals surface area contributed by atoms with E-state index in [-0.39, 0.29) is 0 Å². The molecule has 0 fully saturated rings. The second-order valence-corrected chi connectivity index (χ2v) is 5.67. The smallest absolute Gasteiger partial charge is 0.136 e. The maximum Gasteiger partial charge on any atom is 0.136 e. The van der Waals surface area contributed by atoms with E-state index in [1.165, 1.54) is 5.56 Å². The number of anilines is 4. The third kappa shape index (κ3) is 4.26. The molecule has 0 aliphatic rings. The lowest BCUT2D eigenvalue weighted by atomic mass is 10.1. The van der Waals surface area contributed by atoms with E-state index in [1.807, 2.05) is 49.4 Å². The molecule has 1 aromatic heterocycles. The van der Waals surface area contributed by atoms with Crippen molar-refractivity contribution in [3.8, 4) is 5.75 Å². The van der Waals surface area contributed by atoms with Crippen LogP contribution in [0, 0.1) is 6.92 Å². The zero-order chi connectivity index (χ0) is 17.6. The Hall–Kier alpha value is -3.08. The predicted octanol–water partition coefficient (Wildman–Crippen LogP) is 4.84. The lowest BCUT2D eigenvalue weighted by molar-refractivity contribution is 0.415. The van der Waals surface area contributed by atoms with E-state index in [1.54, 1.807) is 7.11 Å². The third-order valence-electron chi connectivity index (χ3n) is 3.86. The Morgan fingerprint density at radius 2 is 1.60 bits per heavy atom. The van der Waals surface area contributed by atoms with Crippen molar-refractivity contribution >= 4 is 23.0 Å². The number of hydrogen-bond donors (Lipinski definition) is 2. The standard InChI is InChI=1S/C20H22N4O/c1-4-15-7-5-6-8-18(15)24-20-13-19(21-14(2)22-20)23-16-9-11-17(25-3)12-10-16/h5-13H,4H2,1-3H3,(H2,21,22,23,24). The molecule has 0 spiro atoms. The summed E-state index contributed by atoms with van der Waals surface area (Å²) < 4.78 is 5.18. The highest BCUT2D eigenvalue weighted by molar-refractivity contribution is 5.65. The molecule has 0 bridgehead atoms. The van der Waals surface area contributed by atoms with Crippen molar-refractivity contribution in [3.05, 3.63) is 66.0 Å². The molecule has 0 unspecified atom stereocenters. The monoisotopic (exact) mass is 334 g/mol. The van der Waals surface area contributed by atoms with E-state index in [9.17, 15) is 0 Å². The van der Waals surface area contributed by atoms with Gasteiger partial charge in [-0.1, -0.05) is 25.1 Å². The molecule has 5 nitrogen and oxygen atoms in total. The number of aryl methyl sites for hydroxylation is 2. The molecule has 25 heavy (non-hydrogen) atoms. The van der Waals surface area contributed by atoms with Gasteiger partial charge in [0, 0.05) is 17.4 Å². The fourth-order valence-electron chi connectivity index (χ4n) is 2.61. The van der Waals surface area contributed by atoms with Gasteiger partial charge in [-0.15, -0.1) is 0 Å². The molecule has 2 N–H and O–H groups in total. The molecule has 0 aliphatic carbocycles. The molecule has 3 rings (SSSR count). The van der Waals surface area contributed by atoms with Crippen LogP contribution in [0.3, 0.4) is 0 Å². The first-order chi connectivity index (χ1) is 12.2. The van der Waals surface area contributed by atoms with Crippen LogP contribution < -0.4 is 15.4 Å². The summed E-state index contributed by atoms with van der Waals surface area (Å²) in [6.07, 6.45) is 0.962. The van der Waals surface area contributed by atoms with Gasteiger partial charge in [-0.25, -0.2) is 9.97 Å². The minimum absolute atomic E-state index is 0.704. The molecule has 0 amide bonds. The Morgan fingerprint density at radius 1 is 0.920 bits per heavy atom. The highest BCUT2D eigenvalue weighted by Gasteiger charge is 2.05. The number of para-hydroxylation sites is 1. The van der Waals surface area contributed by atoms with E-state index in [2.05, 4.69) is 39.7 Å². The molecule has 0 aliphatic heterocycles. The molecule has 0 saturated carbocycles. The average molecular weight is 334 g/mol. The van der Waals surface area contributed by atoms with Gasteiger partial charge in [-0.05, 0) is 49.2 Å². The fraction of sp³-hybridized carbons (Fsp3) is 0.200. The number of methoxy groups -OCH3 is 1. The lowest BCUT2D eigenvalue weighted by Crippen LogP contribution is -2.02. The maximum absolute atomic E-state index is 5.18. The van der Waals surface area contributed by atoms with E-state index >= 15 is 0 Å². The summed E-state index contributed by atoms with van der Waals surface area (Å²) >= 11 is 0. The van der Waals surface area contributed by atoms with E-state index < -0.39 is 0 Å². The van der Waals surface area contributed by atoms with Gasteiger partial charge in [-0.3, -0.25) is 0 Å². The summed E-state index contributed by atoms with van der Waals surface area (Å²) in [4.78, 5) is 8.95. The van der Waals surface area contributed by atoms with E-state index in [4.69, 9.17) is 4.74 Å². The Labute approximate surface area is 148 Å². The molecule has 128 valence electrons. The van der Waals surface area contributed by atoms with Crippen LogP contribution in [0.2, 0.25) is 0 Å². The molecule has 3 aromatic rings. The summed E-state index contributed by atoms with van der Waals surface area (Å²) in [7, 11) is 1.66. The molecule has 1 heterocycles. The van der Waals surface area contributed by atoms with Crippen molar-refractivity contribution in [3.63, 3.8) is 0 Å². The summed E-state index contributed by atoms with van der Waals surface area (Å²) in [6.45, 7) is 4.03. The minimum atomic E-state index is 0.704. The largest absolute Gasteiger partial charge is 0.497 e. The highest BCUT2D eigenvalue weighted by atomic mass is 16.5. The van der Waals surface area contributed by atoms with Crippen molar-refractivity contribution in [2.75, 3.05) is 17.7 Å². The van der Waals surface area contributed by atoms with Gasteiger partial charge >= 0.3 is 0 Å². The van der Waals surface area contributed by atoms with Gasteiger partial charge < -0.3 is 15.4 Å². The number of hydrogen-bond acceptors (Lipinski definition) is 5. The number of aromatic nitrogens is 2. The van der Waals surface area contributed by atoms with E-state index in [0.717, 1.165) is 35.2 Å². The van der Waals surface area contributed by atoms with Gasteiger partial charge in [0.1, 0.15) is 23.2 Å². The third-order valence-corrected chi connectivity index (χ3v) is 3.86. The Bertz CT molecular complexity index is 847. The summed E-state index contributed by atoms with van der Waals surface area (Å²) in [5.74, 6) is 3.04. The summed E-state index contributed by atoms with van der Waals surface area (Å²) in [6, 6.07) is 17.9. The minimum Gasteiger partial charge on any atom is -0.497 e. The van der Waals surface area contributed by atoms with Gasteiger partial charge in [0.2, 0.25) is 0 Å². The molecule has 0 saturated heterocycles. The van der Waals surface area contributed by atoms with Crippen LogP contribution in [0.1, 0.15) is 18.3 Å².